The highest BCUT2D eigenvalue weighted by atomic mass is 79.9. The van der Waals surface area contributed by atoms with Crippen LogP contribution in [-0.4, -0.2) is 22.8 Å². The molecular formula is C14H19BrFN. The summed E-state index contributed by atoms with van der Waals surface area (Å²) in [6, 6.07) is 7.74. The third-order valence-electron chi connectivity index (χ3n) is 3.52. The van der Waals surface area contributed by atoms with Gasteiger partial charge in [-0.05, 0) is 31.9 Å². The smallest absolute Gasteiger partial charge is 0.127 e. The maximum Gasteiger partial charge on any atom is 0.127 e. The van der Waals surface area contributed by atoms with Crippen LogP contribution in [0.1, 0.15) is 31.2 Å². The molecule has 0 N–H and O–H groups in total. The monoisotopic (exact) mass is 299 g/mol. The van der Waals surface area contributed by atoms with Crippen molar-refractivity contribution in [1.29, 1.82) is 0 Å². The average molecular weight is 300 g/mol. The van der Waals surface area contributed by atoms with Gasteiger partial charge in [0.25, 0.3) is 0 Å². The largest absolute Gasteiger partial charge is 0.296 e. The van der Waals surface area contributed by atoms with E-state index in [0.29, 0.717) is 6.04 Å². The maximum absolute atomic E-state index is 13.6. The van der Waals surface area contributed by atoms with Gasteiger partial charge in [-0.1, -0.05) is 40.5 Å². The van der Waals surface area contributed by atoms with Gasteiger partial charge in [0.1, 0.15) is 5.82 Å². The summed E-state index contributed by atoms with van der Waals surface area (Å²) < 4.78 is 13.6. The Hall–Kier alpha value is -0.410. The molecule has 1 heterocycles. The minimum Gasteiger partial charge on any atom is -0.296 e. The van der Waals surface area contributed by atoms with Gasteiger partial charge < -0.3 is 0 Å². The van der Waals surface area contributed by atoms with Crippen LogP contribution in [0.2, 0.25) is 0 Å². The molecule has 1 unspecified atom stereocenters. The number of nitrogens with zero attached hydrogens (tertiary/aromatic N) is 1. The number of hydrogen-bond acceptors (Lipinski definition) is 1. The number of hydrogen-bond donors (Lipinski definition) is 0. The lowest BCUT2D eigenvalue weighted by Crippen LogP contribution is -2.39. The zero-order chi connectivity index (χ0) is 12.1. The van der Waals surface area contributed by atoms with Crippen molar-refractivity contribution in [3.63, 3.8) is 0 Å². The summed E-state index contributed by atoms with van der Waals surface area (Å²) in [4.78, 5) is 2.43. The number of halogens is 2. The van der Waals surface area contributed by atoms with Crippen LogP contribution in [0.15, 0.2) is 24.3 Å². The van der Waals surface area contributed by atoms with Gasteiger partial charge in [0.15, 0.2) is 0 Å². The van der Waals surface area contributed by atoms with Crippen LogP contribution < -0.4 is 0 Å². The Kier molecular flexibility index (Phi) is 4.99. The molecule has 0 aromatic heterocycles. The molecule has 0 amide bonds. The van der Waals surface area contributed by atoms with E-state index in [9.17, 15) is 4.39 Å². The molecule has 2 rings (SSSR count). The second-order valence-corrected chi connectivity index (χ2v) is 5.48. The molecule has 3 heteroatoms. The highest BCUT2D eigenvalue weighted by Gasteiger charge is 2.22. The minimum absolute atomic E-state index is 0.0735. The predicted octanol–water partition coefficient (Wildman–Crippen LogP) is 3.97. The van der Waals surface area contributed by atoms with E-state index in [4.69, 9.17) is 0 Å². The summed E-state index contributed by atoms with van der Waals surface area (Å²) in [6.45, 7) is 1.86. The molecule has 1 atom stereocenters. The number of alkyl halides is 1. The van der Waals surface area contributed by atoms with Gasteiger partial charge in [0.05, 0.1) is 0 Å². The Labute approximate surface area is 111 Å². The van der Waals surface area contributed by atoms with Crippen LogP contribution >= 0.6 is 15.9 Å². The Morgan fingerprint density at radius 1 is 1.29 bits per heavy atom. The quantitative estimate of drug-likeness (QED) is 0.761. The standard InChI is InChI=1S/C14H19BrFN/c15-9-8-13-6-3-4-10-17(13)11-12-5-1-2-7-14(12)16/h1-2,5,7,13H,3-4,6,8-11H2. The first-order valence-electron chi connectivity index (χ1n) is 6.34. The summed E-state index contributed by atoms with van der Waals surface area (Å²) in [6.07, 6.45) is 4.97. The van der Waals surface area contributed by atoms with Crippen LogP contribution in [0, 0.1) is 5.82 Å². The first-order valence-corrected chi connectivity index (χ1v) is 7.47. The summed E-state index contributed by atoms with van der Waals surface area (Å²) >= 11 is 3.51. The van der Waals surface area contributed by atoms with E-state index in [0.717, 1.165) is 30.4 Å². The molecule has 1 aromatic rings. The SMILES string of the molecule is Fc1ccccc1CN1CCCCC1CCBr. The first kappa shape index (κ1) is 13.0. The highest BCUT2D eigenvalue weighted by molar-refractivity contribution is 9.09. The van der Waals surface area contributed by atoms with E-state index in [1.54, 1.807) is 12.1 Å². The van der Waals surface area contributed by atoms with Crippen molar-refractivity contribution in [3.05, 3.63) is 35.6 Å². The van der Waals surface area contributed by atoms with Crippen molar-refractivity contribution in [1.82, 2.24) is 4.90 Å². The summed E-state index contributed by atoms with van der Waals surface area (Å²) in [7, 11) is 0. The van der Waals surface area contributed by atoms with Gasteiger partial charge in [-0.3, -0.25) is 4.90 Å². The van der Waals surface area contributed by atoms with Crippen molar-refractivity contribution >= 4 is 15.9 Å². The molecule has 17 heavy (non-hydrogen) atoms. The van der Waals surface area contributed by atoms with Crippen LogP contribution in [0.4, 0.5) is 4.39 Å². The van der Waals surface area contributed by atoms with Crippen molar-refractivity contribution in [3.8, 4) is 0 Å². The Morgan fingerprint density at radius 2 is 2.12 bits per heavy atom. The molecule has 1 aromatic carbocycles. The lowest BCUT2D eigenvalue weighted by molar-refractivity contribution is 0.135. The van der Waals surface area contributed by atoms with E-state index < -0.39 is 0 Å². The fourth-order valence-electron chi connectivity index (χ4n) is 2.57. The number of piperidine rings is 1. The minimum atomic E-state index is -0.0735. The Morgan fingerprint density at radius 3 is 2.88 bits per heavy atom. The topological polar surface area (TPSA) is 3.24 Å². The molecule has 1 fully saturated rings. The molecular weight excluding hydrogens is 281 g/mol. The first-order chi connectivity index (χ1) is 8.31. The summed E-state index contributed by atoms with van der Waals surface area (Å²) in [5, 5.41) is 1.03. The van der Waals surface area contributed by atoms with Gasteiger partial charge >= 0.3 is 0 Å². The van der Waals surface area contributed by atoms with Crippen LogP contribution in [-0.2, 0) is 6.54 Å². The van der Waals surface area contributed by atoms with Gasteiger partial charge in [0.2, 0.25) is 0 Å². The number of likely N-dealkylation sites (tertiary alicyclic amines) is 1. The van der Waals surface area contributed by atoms with Gasteiger partial charge in [-0.15, -0.1) is 0 Å². The Balaban J connectivity index is 2.03. The molecule has 0 saturated carbocycles. The summed E-state index contributed by atoms with van der Waals surface area (Å²) in [5.74, 6) is -0.0735. The van der Waals surface area contributed by atoms with Crippen molar-refractivity contribution in [2.45, 2.75) is 38.3 Å². The Bertz CT molecular complexity index is 354. The zero-order valence-electron chi connectivity index (χ0n) is 10.0. The molecule has 0 aliphatic carbocycles. The van der Waals surface area contributed by atoms with Crippen LogP contribution in [0.5, 0.6) is 0 Å². The number of benzene rings is 1. The second-order valence-electron chi connectivity index (χ2n) is 4.69. The van der Waals surface area contributed by atoms with Crippen LogP contribution in [0.3, 0.4) is 0 Å². The van der Waals surface area contributed by atoms with E-state index in [-0.39, 0.29) is 5.82 Å². The zero-order valence-corrected chi connectivity index (χ0v) is 11.6. The lowest BCUT2D eigenvalue weighted by atomic mass is 9.99. The normalized spacial score (nSPS) is 21.6. The molecule has 94 valence electrons. The third kappa shape index (κ3) is 3.52. The van der Waals surface area contributed by atoms with E-state index >= 15 is 0 Å². The molecule has 1 aliphatic rings. The average Bonchev–Trinajstić information content (AvgIpc) is 2.35. The molecule has 0 spiro atoms. The molecule has 1 saturated heterocycles. The molecule has 1 nitrogen and oxygen atoms in total. The van der Waals surface area contributed by atoms with Crippen molar-refractivity contribution < 1.29 is 4.39 Å². The third-order valence-corrected chi connectivity index (χ3v) is 3.98. The second kappa shape index (κ2) is 6.50. The molecule has 0 radical (unpaired) electrons. The van der Waals surface area contributed by atoms with Gasteiger partial charge in [-0.25, -0.2) is 4.39 Å². The van der Waals surface area contributed by atoms with E-state index in [1.165, 1.54) is 19.3 Å². The fraction of sp³-hybridized carbons (Fsp3) is 0.571. The highest BCUT2D eigenvalue weighted by Crippen LogP contribution is 2.23. The van der Waals surface area contributed by atoms with E-state index in [2.05, 4.69) is 20.8 Å². The predicted molar refractivity (Wildman–Crippen MR) is 72.9 cm³/mol. The van der Waals surface area contributed by atoms with Gasteiger partial charge in [0, 0.05) is 23.5 Å². The van der Waals surface area contributed by atoms with Crippen molar-refractivity contribution in [2.75, 3.05) is 11.9 Å². The van der Waals surface area contributed by atoms with Crippen LogP contribution in [0.25, 0.3) is 0 Å². The fourth-order valence-corrected chi connectivity index (χ4v) is 3.09. The number of rotatable bonds is 4. The maximum atomic E-state index is 13.6. The summed E-state index contributed by atoms with van der Waals surface area (Å²) in [5.41, 5.74) is 0.828. The molecule has 1 aliphatic heterocycles. The van der Waals surface area contributed by atoms with Crippen molar-refractivity contribution in [2.24, 2.45) is 0 Å². The van der Waals surface area contributed by atoms with E-state index in [1.807, 2.05) is 12.1 Å². The lowest BCUT2D eigenvalue weighted by Gasteiger charge is -2.35. The van der Waals surface area contributed by atoms with Gasteiger partial charge in [-0.2, -0.15) is 0 Å². The molecule has 0 bridgehead atoms.